The summed E-state index contributed by atoms with van der Waals surface area (Å²) in [4.78, 5) is 23.3. The Bertz CT molecular complexity index is 988. The number of nitrogens with zero attached hydrogens (tertiary/aromatic N) is 3. The third-order valence-electron chi connectivity index (χ3n) is 3.62. The van der Waals surface area contributed by atoms with Gasteiger partial charge in [-0.25, -0.2) is 9.97 Å². The van der Waals surface area contributed by atoms with Crippen LogP contribution in [0.1, 0.15) is 5.69 Å². The van der Waals surface area contributed by atoms with Crippen LogP contribution in [0.25, 0.3) is 16.2 Å². The zero-order chi connectivity index (χ0) is 17.2. The third kappa shape index (κ3) is 3.60. The standard InChI is InChI=1S/C17H14N4OS3/c1-23-13-4-2-11(3-5-13)14-10-25-16(19-14)20-15(22)8-12-9-21-6-7-24-17(21)18-12/h2-7,9-10H,8H2,1H3,(H,19,20,22). The summed E-state index contributed by atoms with van der Waals surface area (Å²) in [6, 6.07) is 8.23. The number of anilines is 1. The van der Waals surface area contributed by atoms with Crippen molar-refractivity contribution in [1.82, 2.24) is 14.4 Å². The first kappa shape index (κ1) is 16.3. The minimum atomic E-state index is -0.107. The summed E-state index contributed by atoms with van der Waals surface area (Å²) in [6.07, 6.45) is 6.11. The Hall–Kier alpha value is -2.16. The number of rotatable bonds is 5. The summed E-state index contributed by atoms with van der Waals surface area (Å²) in [5, 5.41) is 7.39. The molecule has 1 N–H and O–H groups in total. The van der Waals surface area contributed by atoms with Crippen LogP contribution in [0.5, 0.6) is 0 Å². The number of aromatic nitrogens is 3. The molecule has 3 heterocycles. The van der Waals surface area contributed by atoms with Crippen LogP contribution >= 0.6 is 34.4 Å². The molecule has 25 heavy (non-hydrogen) atoms. The molecule has 5 nitrogen and oxygen atoms in total. The van der Waals surface area contributed by atoms with Crippen molar-refractivity contribution in [2.24, 2.45) is 0 Å². The van der Waals surface area contributed by atoms with Crippen LogP contribution in [0.2, 0.25) is 0 Å². The number of carbonyl (C=O) groups excluding carboxylic acids is 1. The molecule has 1 amide bonds. The summed E-state index contributed by atoms with van der Waals surface area (Å²) in [7, 11) is 0. The number of fused-ring (bicyclic) bond motifs is 1. The number of thiazole rings is 2. The summed E-state index contributed by atoms with van der Waals surface area (Å²) >= 11 is 4.69. The van der Waals surface area contributed by atoms with Crippen LogP contribution in [0.15, 0.2) is 52.3 Å². The summed E-state index contributed by atoms with van der Waals surface area (Å²) in [5.74, 6) is -0.107. The fourth-order valence-corrected chi connectivity index (χ4v) is 4.28. The number of carbonyl (C=O) groups is 1. The molecule has 8 heteroatoms. The van der Waals surface area contributed by atoms with Gasteiger partial charge in [0.25, 0.3) is 0 Å². The lowest BCUT2D eigenvalue weighted by molar-refractivity contribution is -0.115. The highest BCUT2D eigenvalue weighted by molar-refractivity contribution is 7.98. The van der Waals surface area contributed by atoms with Crippen LogP contribution in [0.4, 0.5) is 5.13 Å². The van der Waals surface area contributed by atoms with E-state index in [1.165, 1.54) is 16.2 Å². The van der Waals surface area contributed by atoms with E-state index >= 15 is 0 Å². The number of thioether (sulfide) groups is 1. The fraction of sp³-hybridized carbons (Fsp3) is 0.118. The summed E-state index contributed by atoms with van der Waals surface area (Å²) in [5.41, 5.74) is 2.67. The zero-order valence-corrected chi connectivity index (χ0v) is 15.8. The molecule has 0 saturated carbocycles. The first-order valence-corrected chi connectivity index (χ1v) is 10.5. The van der Waals surface area contributed by atoms with Gasteiger partial charge >= 0.3 is 0 Å². The van der Waals surface area contributed by atoms with Crippen molar-refractivity contribution < 1.29 is 4.79 Å². The second-order valence-electron chi connectivity index (χ2n) is 5.32. The van der Waals surface area contributed by atoms with Gasteiger partial charge in [0, 0.05) is 33.6 Å². The monoisotopic (exact) mass is 386 g/mol. The van der Waals surface area contributed by atoms with Crippen molar-refractivity contribution >= 4 is 50.4 Å². The van der Waals surface area contributed by atoms with Crippen LogP contribution < -0.4 is 5.32 Å². The van der Waals surface area contributed by atoms with E-state index in [4.69, 9.17) is 0 Å². The molecule has 0 fully saturated rings. The smallest absolute Gasteiger partial charge is 0.232 e. The minimum Gasteiger partial charge on any atom is -0.302 e. The first-order chi connectivity index (χ1) is 12.2. The minimum absolute atomic E-state index is 0.107. The van der Waals surface area contributed by atoms with Crippen molar-refractivity contribution in [1.29, 1.82) is 0 Å². The van der Waals surface area contributed by atoms with Crippen molar-refractivity contribution in [2.45, 2.75) is 11.3 Å². The number of hydrogen-bond donors (Lipinski definition) is 1. The largest absolute Gasteiger partial charge is 0.302 e. The van der Waals surface area contributed by atoms with Crippen LogP contribution in [0.3, 0.4) is 0 Å². The number of benzene rings is 1. The van der Waals surface area contributed by atoms with E-state index in [1.807, 2.05) is 39.7 Å². The summed E-state index contributed by atoms with van der Waals surface area (Å²) in [6.45, 7) is 0. The van der Waals surface area contributed by atoms with E-state index in [-0.39, 0.29) is 12.3 Å². The quantitative estimate of drug-likeness (QED) is 0.516. The Morgan fingerprint density at radius 1 is 1.24 bits per heavy atom. The van der Waals surface area contributed by atoms with Gasteiger partial charge in [-0.05, 0) is 18.4 Å². The number of amides is 1. The SMILES string of the molecule is CSc1ccc(-c2csc(NC(=O)Cc3cn4ccsc4n3)n2)cc1. The molecule has 0 aliphatic rings. The molecule has 0 aliphatic carbocycles. The first-order valence-electron chi connectivity index (χ1n) is 7.52. The maximum atomic E-state index is 12.2. The van der Waals surface area contributed by atoms with E-state index in [2.05, 4.69) is 33.7 Å². The molecule has 0 spiro atoms. The Morgan fingerprint density at radius 2 is 2.08 bits per heavy atom. The lowest BCUT2D eigenvalue weighted by atomic mass is 10.2. The van der Waals surface area contributed by atoms with E-state index in [9.17, 15) is 4.79 Å². The molecule has 126 valence electrons. The maximum Gasteiger partial charge on any atom is 0.232 e. The highest BCUT2D eigenvalue weighted by atomic mass is 32.2. The van der Waals surface area contributed by atoms with Gasteiger partial charge in [0.05, 0.1) is 17.8 Å². The molecule has 0 aliphatic heterocycles. The van der Waals surface area contributed by atoms with Crippen LogP contribution in [-0.4, -0.2) is 26.5 Å². The highest BCUT2D eigenvalue weighted by Gasteiger charge is 2.11. The van der Waals surface area contributed by atoms with Gasteiger partial charge in [-0.3, -0.25) is 9.20 Å². The van der Waals surface area contributed by atoms with E-state index < -0.39 is 0 Å². The second-order valence-corrected chi connectivity index (χ2v) is 7.93. The van der Waals surface area contributed by atoms with Crippen LogP contribution in [-0.2, 0) is 11.2 Å². The molecular formula is C17H14N4OS3. The van der Waals surface area contributed by atoms with Gasteiger partial charge in [0.1, 0.15) is 0 Å². The van der Waals surface area contributed by atoms with Crippen molar-refractivity contribution in [3.8, 4) is 11.3 Å². The molecule has 0 saturated heterocycles. The maximum absolute atomic E-state index is 12.2. The normalized spacial score (nSPS) is 11.1. The number of hydrogen-bond acceptors (Lipinski definition) is 6. The van der Waals surface area contributed by atoms with Crippen molar-refractivity contribution in [3.63, 3.8) is 0 Å². The van der Waals surface area contributed by atoms with Crippen molar-refractivity contribution in [3.05, 3.63) is 53.1 Å². The second kappa shape index (κ2) is 6.99. The van der Waals surface area contributed by atoms with Crippen molar-refractivity contribution in [2.75, 3.05) is 11.6 Å². The molecule has 0 atom stereocenters. The fourth-order valence-electron chi connectivity index (χ4n) is 2.41. The predicted molar refractivity (Wildman–Crippen MR) is 105 cm³/mol. The van der Waals surface area contributed by atoms with Gasteiger partial charge in [-0.1, -0.05) is 12.1 Å². The number of nitrogens with one attached hydrogen (secondary N) is 1. The van der Waals surface area contributed by atoms with Gasteiger partial charge in [-0.2, -0.15) is 0 Å². The predicted octanol–water partition coefficient (Wildman–Crippen LogP) is 4.42. The van der Waals surface area contributed by atoms with Gasteiger partial charge in [-0.15, -0.1) is 34.4 Å². The molecule has 0 radical (unpaired) electrons. The Kier molecular flexibility index (Phi) is 4.56. The third-order valence-corrected chi connectivity index (χ3v) is 5.89. The lowest BCUT2D eigenvalue weighted by Crippen LogP contribution is -2.14. The van der Waals surface area contributed by atoms with E-state index in [0.29, 0.717) is 5.13 Å². The molecule has 3 aromatic heterocycles. The van der Waals surface area contributed by atoms with Gasteiger partial charge in [0.15, 0.2) is 10.1 Å². The van der Waals surface area contributed by atoms with E-state index in [1.54, 1.807) is 23.1 Å². The van der Waals surface area contributed by atoms with Gasteiger partial charge < -0.3 is 5.32 Å². The average molecular weight is 387 g/mol. The zero-order valence-electron chi connectivity index (χ0n) is 13.3. The molecule has 4 rings (SSSR count). The molecule has 0 bridgehead atoms. The Balaban J connectivity index is 1.42. The average Bonchev–Trinajstić information content (AvgIpc) is 3.31. The van der Waals surface area contributed by atoms with Crippen LogP contribution in [0, 0.1) is 0 Å². The van der Waals surface area contributed by atoms with E-state index in [0.717, 1.165) is 21.9 Å². The highest BCUT2D eigenvalue weighted by Crippen LogP contribution is 2.26. The lowest BCUT2D eigenvalue weighted by Gasteiger charge is -2.00. The molecule has 4 aromatic rings. The topological polar surface area (TPSA) is 59.3 Å². The van der Waals surface area contributed by atoms with Gasteiger partial charge in [0.2, 0.25) is 5.91 Å². The Labute approximate surface area is 156 Å². The molecular weight excluding hydrogens is 372 g/mol. The Morgan fingerprint density at radius 3 is 2.84 bits per heavy atom. The number of imidazole rings is 1. The molecule has 1 aromatic carbocycles. The molecule has 0 unspecified atom stereocenters. The summed E-state index contributed by atoms with van der Waals surface area (Å²) < 4.78 is 1.92.